The monoisotopic (exact) mass is 424 g/mol. The predicted octanol–water partition coefficient (Wildman–Crippen LogP) is 5.62. The number of carbonyl (C=O) groups excluding carboxylic acids is 1. The summed E-state index contributed by atoms with van der Waals surface area (Å²) >= 11 is 0. The van der Waals surface area contributed by atoms with Gasteiger partial charge < -0.3 is 14.6 Å². The molecule has 1 aromatic rings. The largest absolute Gasteiger partial charge is 0.454 e. The molecular weight excluding hydrogens is 388 g/mol. The van der Waals surface area contributed by atoms with Gasteiger partial charge in [-0.05, 0) is 118 Å². The molecule has 0 unspecified atom stereocenters. The highest BCUT2D eigenvalue weighted by atomic mass is 16.7. The third kappa shape index (κ3) is 3.08. The maximum Gasteiger partial charge on any atom is 0.231 e. The van der Waals surface area contributed by atoms with E-state index >= 15 is 0 Å². The summed E-state index contributed by atoms with van der Waals surface area (Å²) < 4.78 is 11.0. The highest BCUT2D eigenvalue weighted by Gasteiger charge is 2.58. The number of ketones is 1. The highest BCUT2D eigenvalue weighted by molar-refractivity contribution is 5.99. The van der Waals surface area contributed by atoms with E-state index in [1.165, 1.54) is 38.5 Å². The van der Waals surface area contributed by atoms with Crippen molar-refractivity contribution in [3.63, 3.8) is 0 Å². The molecule has 4 saturated carbocycles. The van der Waals surface area contributed by atoms with Crippen LogP contribution in [-0.4, -0.2) is 23.3 Å². The molecule has 4 fully saturated rings. The molecule has 5 aliphatic rings. The van der Waals surface area contributed by atoms with Crippen LogP contribution in [-0.2, 0) is 0 Å². The maximum absolute atomic E-state index is 13.6. The molecule has 4 nitrogen and oxygen atoms in total. The fourth-order valence-corrected chi connectivity index (χ4v) is 8.76. The molecule has 0 saturated heterocycles. The molecule has 1 N–H and O–H groups in total. The molecular formula is C27H36O4. The van der Waals surface area contributed by atoms with Crippen LogP contribution in [0.25, 0.3) is 0 Å². The number of hydrogen-bond acceptors (Lipinski definition) is 4. The molecule has 4 aliphatic carbocycles. The van der Waals surface area contributed by atoms with Crippen LogP contribution in [0.4, 0.5) is 0 Å². The Morgan fingerprint density at radius 1 is 0.935 bits per heavy atom. The van der Waals surface area contributed by atoms with Crippen molar-refractivity contribution in [2.24, 2.45) is 40.9 Å². The van der Waals surface area contributed by atoms with E-state index < -0.39 is 5.60 Å². The minimum absolute atomic E-state index is 0.127. The SMILES string of the molecule is C[C@@]1(O)CC[C@H]2[C@H](CC[C@@H]3[C@@H]2CC[C@]2(C)[C@@H](C(=O)c4ccc5c(c4)OCO5)CC[C@@H]32)C1. The summed E-state index contributed by atoms with van der Waals surface area (Å²) in [5.74, 6) is 5.67. The molecule has 8 atom stereocenters. The van der Waals surface area contributed by atoms with E-state index in [0.29, 0.717) is 23.4 Å². The smallest absolute Gasteiger partial charge is 0.231 e. The lowest BCUT2D eigenvalue weighted by Gasteiger charge is -2.56. The summed E-state index contributed by atoms with van der Waals surface area (Å²) in [6.45, 7) is 4.71. The van der Waals surface area contributed by atoms with E-state index in [4.69, 9.17) is 9.47 Å². The number of hydrogen-bond donors (Lipinski definition) is 1. The van der Waals surface area contributed by atoms with Crippen molar-refractivity contribution in [3.05, 3.63) is 23.8 Å². The Morgan fingerprint density at radius 2 is 1.74 bits per heavy atom. The first-order chi connectivity index (χ1) is 14.9. The number of benzene rings is 1. The van der Waals surface area contributed by atoms with Crippen molar-refractivity contribution < 1.29 is 19.4 Å². The Morgan fingerprint density at radius 3 is 2.61 bits per heavy atom. The molecule has 1 aromatic carbocycles. The van der Waals surface area contributed by atoms with E-state index in [2.05, 4.69) is 6.92 Å². The van der Waals surface area contributed by atoms with Crippen molar-refractivity contribution in [1.29, 1.82) is 0 Å². The zero-order valence-electron chi connectivity index (χ0n) is 18.9. The first-order valence-electron chi connectivity index (χ1n) is 12.5. The quantitative estimate of drug-likeness (QED) is 0.626. The van der Waals surface area contributed by atoms with Crippen molar-refractivity contribution >= 4 is 5.78 Å². The predicted molar refractivity (Wildman–Crippen MR) is 118 cm³/mol. The van der Waals surface area contributed by atoms with Gasteiger partial charge in [0.1, 0.15) is 0 Å². The summed E-state index contributed by atoms with van der Waals surface area (Å²) in [5, 5.41) is 10.6. The van der Waals surface area contributed by atoms with E-state index in [-0.39, 0.29) is 18.1 Å². The number of Topliss-reactive ketones (excluding diaryl/α,β-unsaturated/α-hetero) is 1. The second-order valence-electron chi connectivity index (χ2n) is 11.8. The molecule has 31 heavy (non-hydrogen) atoms. The molecule has 168 valence electrons. The third-order valence-electron chi connectivity index (χ3n) is 10.2. The van der Waals surface area contributed by atoms with Crippen LogP contribution >= 0.6 is 0 Å². The van der Waals surface area contributed by atoms with Gasteiger partial charge in [-0.25, -0.2) is 0 Å². The molecule has 1 heterocycles. The van der Waals surface area contributed by atoms with Gasteiger partial charge in [-0.15, -0.1) is 0 Å². The molecule has 0 spiro atoms. The molecule has 4 heteroatoms. The van der Waals surface area contributed by atoms with Gasteiger partial charge in [0.05, 0.1) is 5.60 Å². The summed E-state index contributed by atoms with van der Waals surface area (Å²) in [6.07, 6.45) is 10.4. The van der Waals surface area contributed by atoms with Gasteiger partial charge in [-0.3, -0.25) is 4.79 Å². The standard InChI is InChI=1S/C27H36O4/c1-26(29)11-9-18-17(14-26)3-5-20-19(18)10-12-27(2)21(20)6-7-22(27)25(28)16-4-8-23-24(13-16)31-15-30-23/h4,8,13,17-22,29H,3,5-7,9-12,14-15H2,1-2H3/t17-,18+,19-,20-,21+,22-,26-,27+/m1/s1. The lowest BCUT2D eigenvalue weighted by Crippen LogP contribution is -2.51. The fourth-order valence-electron chi connectivity index (χ4n) is 8.76. The Bertz CT molecular complexity index is 891. The average Bonchev–Trinajstić information content (AvgIpc) is 3.35. The van der Waals surface area contributed by atoms with E-state index in [1.54, 1.807) is 0 Å². The first kappa shape index (κ1) is 20.1. The molecule has 0 bridgehead atoms. The zero-order chi connectivity index (χ0) is 21.4. The minimum Gasteiger partial charge on any atom is -0.454 e. The zero-order valence-corrected chi connectivity index (χ0v) is 18.9. The first-order valence-corrected chi connectivity index (χ1v) is 12.5. The second-order valence-corrected chi connectivity index (χ2v) is 11.8. The maximum atomic E-state index is 13.6. The molecule has 6 rings (SSSR count). The van der Waals surface area contributed by atoms with Crippen molar-refractivity contribution in [2.75, 3.05) is 6.79 Å². The number of carbonyl (C=O) groups is 1. The molecule has 0 aromatic heterocycles. The molecule has 0 amide bonds. The van der Waals surface area contributed by atoms with Gasteiger partial charge in [-0.1, -0.05) is 6.92 Å². The van der Waals surface area contributed by atoms with Crippen LogP contribution in [0, 0.1) is 40.9 Å². The topological polar surface area (TPSA) is 55.8 Å². The number of rotatable bonds is 2. The normalized spacial score (nSPS) is 45.5. The van der Waals surface area contributed by atoms with Crippen LogP contribution in [0.5, 0.6) is 11.5 Å². The lowest BCUT2D eigenvalue weighted by molar-refractivity contribution is -0.0976. The Labute approximate surface area is 185 Å². The summed E-state index contributed by atoms with van der Waals surface area (Å²) in [4.78, 5) is 13.6. The van der Waals surface area contributed by atoms with Gasteiger partial charge in [0.25, 0.3) is 0 Å². The second kappa shape index (κ2) is 6.97. The number of aliphatic hydroxyl groups is 1. The Hall–Kier alpha value is -1.55. The summed E-state index contributed by atoms with van der Waals surface area (Å²) in [5.41, 5.74) is 0.463. The average molecular weight is 425 g/mol. The highest BCUT2D eigenvalue weighted by Crippen LogP contribution is 2.65. The van der Waals surface area contributed by atoms with E-state index in [0.717, 1.165) is 48.3 Å². The minimum atomic E-state index is -0.452. The molecule has 1 aliphatic heterocycles. The van der Waals surface area contributed by atoms with Crippen LogP contribution in [0.1, 0.15) is 82.0 Å². The van der Waals surface area contributed by atoms with E-state index in [1.807, 2.05) is 25.1 Å². The van der Waals surface area contributed by atoms with Gasteiger partial charge >= 0.3 is 0 Å². The third-order valence-corrected chi connectivity index (χ3v) is 10.2. The summed E-state index contributed by atoms with van der Waals surface area (Å²) in [6, 6.07) is 5.71. The van der Waals surface area contributed by atoms with Crippen LogP contribution in [0.3, 0.4) is 0 Å². The van der Waals surface area contributed by atoms with Crippen molar-refractivity contribution in [3.8, 4) is 11.5 Å². The lowest BCUT2D eigenvalue weighted by atomic mass is 9.49. The van der Waals surface area contributed by atoms with Crippen molar-refractivity contribution in [2.45, 2.75) is 77.2 Å². The Balaban J connectivity index is 1.23. The number of fused-ring (bicyclic) bond motifs is 6. The van der Waals surface area contributed by atoms with E-state index in [9.17, 15) is 9.90 Å². The van der Waals surface area contributed by atoms with Crippen LogP contribution in [0.2, 0.25) is 0 Å². The number of ether oxygens (including phenoxy) is 2. The fraction of sp³-hybridized carbons (Fsp3) is 0.741. The van der Waals surface area contributed by atoms with Crippen LogP contribution < -0.4 is 9.47 Å². The van der Waals surface area contributed by atoms with Gasteiger partial charge in [-0.2, -0.15) is 0 Å². The van der Waals surface area contributed by atoms with Gasteiger partial charge in [0.15, 0.2) is 17.3 Å². The van der Waals surface area contributed by atoms with Gasteiger partial charge in [0, 0.05) is 11.5 Å². The molecule has 0 radical (unpaired) electrons. The van der Waals surface area contributed by atoms with Crippen molar-refractivity contribution in [1.82, 2.24) is 0 Å². The Kier molecular flexibility index (Phi) is 4.52. The van der Waals surface area contributed by atoms with Gasteiger partial charge in [0.2, 0.25) is 6.79 Å². The summed E-state index contributed by atoms with van der Waals surface area (Å²) in [7, 11) is 0. The van der Waals surface area contributed by atoms with Crippen LogP contribution in [0.15, 0.2) is 18.2 Å².